The Morgan fingerprint density at radius 1 is 0.789 bits per heavy atom. The second kappa shape index (κ2) is 12.7. The fourth-order valence-electron chi connectivity index (χ4n) is 2.22. The van der Waals surface area contributed by atoms with Crippen molar-refractivity contribution in [2.75, 3.05) is 6.54 Å². The summed E-state index contributed by atoms with van der Waals surface area (Å²) in [4.78, 5) is 0. The number of rotatable bonds is 13. The van der Waals surface area contributed by atoms with Crippen LogP contribution in [0.25, 0.3) is 0 Å². The molecule has 0 aromatic rings. The zero-order valence-corrected chi connectivity index (χ0v) is 13.9. The van der Waals surface area contributed by atoms with Gasteiger partial charge in [-0.2, -0.15) is 0 Å². The molecular formula is C18H37N. The van der Waals surface area contributed by atoms with Crippen molar-refractivity contribution < 1.29 is 0 Å². The maximum atomic E-state index is 4.14. The van der Waals surface area contributed by atoms with Crippen molar-refractivity contribution in [2.45, 2.75) is 91.5 Å². The van der Waals surface area contributed by atoms with Crippen molar-refractivity contribution in [3.05, 3.63) is 12.2 Å². The third kappa shape index (κ3) is 13.9. The molecule has 0 saturated heterocycles. The molecule has 0 aromatic heterocycles. The third-order valence-electron chi connectivity index (χ3n) is 3.79. The molecule has 0 saturated carbocycles. The van der Waals surface area contributed by atoms with Crippen LogP contribution in [0.15, 0.2) is 12.2 Å². The molecule has 1 nitrogen and oxygen atoms in total. The Labute approximate surface area is 122 Å². The first-order valence-electron chi connectivity index (χ1n) is 8.45. The highest BCUT2D eigenvalue weighted by atomic mass is 14.9. The second-order valence-electron chi connectivity index (χ2n) is 6.50. The summed E-state index contributed by atoms with van der Waals surface area (Å²) in [6, 6.07) is 0.639. The summed E-state index contributed by atoms with van der Waals surface area (Å²) in [6.45, 7) is 14.3. The van der Waals surface area contributed by atoms with Crippen LogP contribution >= 0.6 is 0 Å². The predicted octanol–water partition coefficient (Wildman–Crippen LogP) is 5.71. The van der Waals surface area contributed by atoms with E-state index in [-0.39, 0.29) is 0 Å². The fourth-order valence-corrected chi connectivity index (χ4v) is 2.22. The molecule has 0 aromatic carbocycles. The van der Waals surface area contributed by atoms with Crippen molar-refractivity contribution in [1.82, 2.24) is 5.32 Å². The Kier molecular flexibility index (Phi) is 12.5. The van der Waals surface area contributed by atoms with Gasteiger partial charge in [0.15, 0.2) is 0 Å². The number of unbranched alkanes of at least 4 members (excludes halogenated alkanes) is 7. The Morgan fingerprint density at radius 2 is 1.26 bits per heavy atom. The molecule has 0 fully saturated rings. The summed E-state index contributed by atoms with van der Waals surface area (Å²) in [5.74, 6) is 0.666. The Morgan fingerprint density at radius 3 is 1.74 bits per heavy atom. The summed E-state index contributed by atoms with van der Waals surface area (Å²) in [7, 11) is 0. The van der Waals surface area contributed by atoms with Crippen molar-refractivity contribution in [1.29, 1.82) is 0 Å². The molecule has 0 aliphatic rings. The quantitative estimate of drug-likeness (QED) is 0.333. The molecule has 1 N–H and O–H groups in total. The molecule has 0 spiro atoms. The maximum absolute atomic E-state index is 4.14. The van der Waals surface area contributed by atoms with Crippen LogP contribution in [0.4, 0.5) is 0 Å². The van der Waals surface area contributed by atoms with Gasteiger partial charge in [0.25, 0.3) is 0 Å². The van der Waals surface area contributed by atoms with Gasteiger partial charge in [-0.3, -0.25) is 0 Å². The average molecular weight is 268 g/mol. The van der Waals surface area contributed by atoms with Gasteiger partial charge in [-0.05, 0) is 31.7 Å². The summed E-state index contributed by atoms with van der Waals surface area (Å²) in [6.07, 6.45) is 12.4. The van der Waals surface area contributed by atoms with E-state index in [0.717, 1.165) is 0 Å². The molecule has 0 bridgehead atoms. The van der Waals surface area contributed by atoms with Gasteiger partial charge >= 0.3 is 0 Å². The van der Waals surface area contributed by atoms with E-state index in [9.17, 15) is 0 Å². The van der Waals surface area contributed by atoms with E-state index < -0.39 is 0 Å². The highest BCUT2D eigenvalue weighted by Gasteiger charge is 1.99. The van der Waals surface area contributed by atoms with Gasteiger partial charge in [0.05, 0.1) is 0 Å². The first-order chi connectivity index (χ1) is 9.04. The monoisotopic (exact) mass is 267 g/mol. The van der Waals surface area contributed by atoms with Crippen LogP contribution in [-0.4, -0.2) is 12.6 Å². The lowest BCUT2D eigenvalue weighted by Crippen LogP contribution is -2.23. The summed E-state index contributed by atoms with van der Waals surface area (Å²) in [5.41, 5.74) is 1.43. The van der Waals surface area contributed by atoms with Crippen molar-refractivity contribution in [3.8, 4) is 0 Å². The van der Waals surface area contributed by atoms with E-state index in [1.807, 2.05) is 0 Å². The van der Waals surface area contributed by atoms with E-state index >= 15 is 0 Å². The third-order valence-corrected chi connectivity index (χ3v) is 3.79. The zero-order valence-electron chi connectivity index (χ0n) is 13.9. The van der Waals surface area contributed by atoms with Crippen molar-refractivity contribution >= 4 is 0 Å². The smallest absolute Gasteiger partial charge is 0.00103 e. The second-order valence-corrected chi connectivity index (χ2v) is 6.50. The van der Waals surface area contributed by atoms with Gasteiger partial charge in [-0.1, -0.05) is 78.4 Å². The first kappa shape index (κ1) is 18.7. The summed E-state index contributed by atoms with van der Waals surface area (Å²) in [5, 5.41) is 3.48. The zero-order chi connectivity index (χ0) is 14.5. The maximum Gasteiger partial charge on any atom is 0.00103 e. The lowest BCUT2D eigenvalue weighted by atomic mass is 9.98. The molecule has 0 atom stereocenters. The standard InChI is InChI=1S/C18H37N/c1-16(2)18(5)14-12-10-8-6-7-9-11-13-15-19-17(3)4/h16-17,19H,5-15H2,1-4H3. The van der Waals surface area contributed by atoms with Gasteiger partial charge < -0.3 is 5.32 Å². The van der Waals surface area contributed by atoms with Gasteiger partial charge in [-0.25, -0.2) is 0 Å². The largest absolute Gasteiger partial charge is 0.315 e. The fraction of sp³-hybridized carbons (Fsp3) is 0.889. The summed E-state index contributed by atoms with van der Waals surface area (Å²) < 4.78 is 0. The predicted molar refractivity (Wildman–Crippen MR) is 88.7 cm³/mol. The van der Waals surface area contributed by atoms with Gasteiger partial charge in [0, 0.05) is 6.04 Å². The average Bonchev–Trinajstić information content (AvgIpc) is 2.35. The van der Waals surface area contributed by atoms with Crippen LogP contribution in [0.1, 0.15) is 85.5 Å². The van der Waals surface area contributed by atoms with Gasteiger partial charge in [0.2, 0.25) is 0 Å². The Balaban J connectivity index is 3.09. The Hall–Kier alpha value is -0.300. The molecule has 0 unspecified atom stereocenters. The molecular weight excluding hydrogens is 230 g/mol. The molecule has 1 heteroatoms. The van der Waals surface area contributed by atoms with E-state index in [4.69, 9.17) is 0 Å². The van der Waals surface area contributed by atoms with E-state index in [0.29, 0.717) is 12.0 Å². The minimum absolute atomic E-state index is 0.639. The molecule has 114 valence electrons. The normalized spacial score (nSPS) is 11.5. The van der Waals surface area contributed by atoms with Crippen LogP contribution in [0, 0.1) is 5.92 Å². The molecule has 0 aliphatic carbocycles. The van der Waals surface area contributed by atoms with Crippen molar-refractivity contribution in [2.24, 2.45) is 5.92 Å². The van der Waals surface area contributed by atoms with E-state index in [1.54, 1.807) is 0 Å². The lowest BCUT2D eigenvalue weighted by Gasteiger charge is -2.09. The van der Waals surface area contributed by atoms with Gasteiger partial charge in [0.1, 0.15) is 0 Å². The minimum Gasteiger partial charge on any atom is -0.315 e. The van der Waals surface area contributed by atoms with E-state index in [1.165, 1.54) is 69.9 Å². The number of nitrogens with one attached hydrogen (secondary N) is 1. The Bertz CT molecular complexity index is 206. The van der Waals surface area contributed by atoms with Crippen LogP contribution in [-0.2, 0) is 0 Å². The molecule has 0 amide bonds. The van der Waals surface area contributed by atoms with Gasteiger partial charge in [-0.15, -0.1) is 0 Å². The highest BCUT2D eigenvalue weighted by molar-refractivity contribution is 4.96. The SMILES string of the molecule is C=C(CCCCCCCCCCNC(C)C)C(C)C. The molecule has 0 aliphatic heterocycles. The number of hydrogen-bond donors (Lipinski definition) is 1. The molecule has 0 radical (unpaired) electrons. The molecule has 19 heavy (non-hydrogen) atoms. The highest BCUT2D eigenvalue weighted by Crippen LogP contribution is 2.16. The minimum atomic E-state index is 0.639. The van der Waals surface area contributed by atoms with E-state index in [2.05, 4.69) is 39.6 Å². The molecule has 0 rings (SSSR count). The van der Waals surface area contributed by atoms with Crippen LogP contribution in [0.3, 0.4) is 0 Å². The van der Waals surface area contributed by atoms with Crippen LogP contribution in [0.2, 0.25) is 0 Å². The molecule has 0 heterocycles. The van der Waals surface area contributed by atoms with Crippen molar-refractivity contribution in [3.63, 3.8) is 0 Å². The summed E-state index contributed by atoms with van der Waals surface area (Å²) >= 11 is 0. The number of hydrogen-bond acceptors (Lipinski definition) is 1. The topological polar surface area (TPSA) is 12.0 Å². The number of allylic oxidation sites excluding steroid dienone is 1. The van der Waals surface area contributed by atoms with Crippen LogP contribution in [0.5, 0.6) is 0 Å². The first-order valence-corrected chi connectivity index (χ1v) is 8.45. The van der Waals surface area contributed by atoms with Crippen LogP contribution < -0.4 is 5.32 Å². The lowest BCUT2D eigenvalue weighted by molar-refractivity contribution is 0.525.